The van der Waals surface area contributed by atoms with Crippen molar-refractivity contribution in [2.24, 2.45) is 4.99 Å². The van der Waals surface area contributed by atoms with Crippen molar-refractivity contribution in [2.75, 3.05) is 60.2 Å². The number of halogens is 1. The Morgan fingerprint density at radius 3 is 2.75 bits per heavy atom. The number of nitrogens with one attached hydrogen (secondary N) is 2. The van der Waals surface area contributed by atoms with E-state index in [0.29, 0.717) is 32.3 Å². The number of pyridine rings is 1. The zero-order chi connectivity index (χ0) is 19.7. The largest absolute Gasteiger partial charge is 0.382 e. The smallest absolute Gasteiger partial charge is 0.244 e. The van der Waals surface area contributed by atoms with Gasteiger partial charge in [-0.3, -0.25) is 9.78 Å². The summed E-state index contributed by atoms with van der Waals surface area (Å²) in [4.78, 5) is 22.6. The number of hydrogen-bond donors (Lipinski definition) is 2. The Kier molecular flexibility index (Phi) is 16.7. The Labute approximate surface area is 185 Å². The van der Waals surface area contributed by atoms with Crippen molar-refractivity contribution in [1.82, 2.24) is 20.5 Å². The van der Waals surface area contributed by atoms with Crippen LogP contribution in [0.2, 0.25) is 0 Å². The summed E-state index contributed by atoms with van der Waals surface area (Å²) in [6, 6.07) is 5.79. The second-order valence-corrected chi connectivity index (χ2v) is 5.97. The van der Waals surface area contributed by atoms with Gasteiger partial charge in [0.25, 0.3) is 0 Å². The number of hydrogen-bond acceptors (Lipinski definition) is 5. The van der Waals surface area contributed by atoms with E-state index in [4.69, 9.17) is 9.47 Å². The molecule has 0 aliphatic carbocycles. The van der Waals surface area contributed by atoms with Gasteiger partial charge in [-0.1, -0.05) is 6.07 Å². The van der Waals surface area contributed by atoms with Crippen LogP contribution in [0.15, 0.2) is 29.4 Å². The van der Waals surface area contributed by atoms with E-state index >= 15 is 0 Å². The number of ether oxygens (including phenoxy) is 2. The molecule has 9 heteroatoms. The molecule has 1 rings (SSSR count). The number of nitrogens with zero attached hydrogens (tertiary/aromatic N) is 3. The third kappa shape index (κ3) is 12.8. The lowest BCUT2D eigenvalue weighted by Crippen LogP contribution is -2.39. The molecule has 0 fully saturated rings. The molecule has 0 bridgehead atoms. The Hall–Kier alpha value is -1.46. The quantitative estimate of drug-likeness (QED) is 0.181. The van der Waals surface area contributed by atoms with Crippen LogP contribution in [0.4, 0.5) is 0 Å². The van der Waals surface area contributed by atoms with Crippen molar-refractivity contribution < 1.29 is 14.3 Å². The molecule has 1 aromatic rings. The van der Waals surface area contributed by atoms with Crippen LogP contribution < -0.4 is 10.6 Å². The lowest BCUT2D eigenvalue weighted by molar-refractivity contribution is -0.128. The van der Waals surface area contributed by atoms with Crippen LogP contribution >= 0.6 is 24.0 Å². The molecule has 0 saturated heterocycles. The molecule has 0 aliphatic rings. The molecule has 160 valence electrons. The Bertz CT molecular complexity index is 546. The number of carbonyl (C=O) groups is 1. The summed E-state index contributed by atoms with van der Waals surface area (Å²) in [5, 5.41) is 6.35. The molecule has 1 heterocycles. The van der Waals surface area contributed by atoms with Crippen LogP contribution in [0.3, 0.4) is 0 Å². The van der Waals surface area contributed by atoms with E-state index in [9.17, 15) is 4.79 Å². The Balaban J connectivity index is 0.00000729. The van der Waals surface area contributed by atoms with E-state index in [2.05, 4.69) is 20.6 Å². The summed E-state index contributed by atoms with van der Waals surface area (Å²) < 4.78 is 10.3. The lowest BCUT2D eigenvalue weighted by atomic mass is 10.2. The lowest BCUT2D eigenvalue weighted by Gasteiger charge is -2.16. The van der Waals surface area contributed by atoms with Gasteiger partial charge >= 0.3 is 0 Å². The molecule has 28 heavy (non-hydrogen) atoms. The molecule has 8 nitrogen and oxygen atoms in total. The van der Waals surface area contributed by atoms with Crippen LogP contribution in [-0.4, -0.2) is 81.9 Å². The first kappa shape index (κ1) is 26.5. The Morgan fingerprint density at radius 1 is 1.25 bits per heavy atom. The minimum atomic E-state index is -0.0222. The van der Waals surface area contributed by atoms with Gasteiger partial charge in [0.05, 0.1) is 13.2 Å². The fourth-order valence-electron chi connectivity index (χ4n) is 2.19. The van der Waals surface area contributed by atoms with Gasteiger partial charge in [-0.05, 0) is 25.5 Å². The molecular formula is C19H34IN5O3. The highest BCUT2D eigenvalue weighted by Gasteiger charge is 2.09. The number of carbonyl (C=O) groups excluding carboxylic acids is 1. The van der Waals surface area contributed by atoms with Gasteiger partial charge in [0, 0.05) is 58.7 Å². The molecule has 0 aliphatic heterocycles. The zero-order valence-electron chi connectivity index (χ0n) is 17.1. The van der Waals surface area contributed by atoms with Crippen molar-refractivity contribution in [3.8, 4) is 0 Å². The average molecular weight is 507 g/mol. The van der Waals surface area contributed by atoms with Crippen molar-refractivity contribution in [3.05, 3.63) is 30.1 Å². The first-order chi connectivity index (χ1) is 13.2. The highest BCUT2D eigenvalue weighted by Crippen LogP contribution is 1.97. The molecule has 1 aromatic heterocycles. The maximum atomic E-state index is 12.3. The van der Waals surface area contributed by atoms with Gasteiger partial charge in [-0.2, -0.15) is 0 Å². The fraction of sp³-hybridized carbons (Fsp3) is 0.632. The predicted octanol–water partition coefficient (Wildman–Crippen LogP) is 1.31. The molecular weight excluding hydrogens is 473 g/mol. The third-order valence-corrected chi connectivity index (χ3v) is 3.76. The summed E-state index contributed by atoms with van der Waals surface area (Å²) in [5.74, 6) is 0.618. The summed E-state index contributed by atoms with van der Waals surface area (Å²) in [6.07, 6.45) is 3.35. The van der Waals surface area contributed by atoms with Crippen LogP contribution in [0.5, 0.6) is 0 Å². The molecule has 0 atom stereocenters. The number of rotatable bonds is 13. The minimum Gasteiger partial charge on any atom is -0.382 e. The third-order valence-electron chi connectivity index (χ3n) is 3.76. The predicted molar refractivity (Wildman–Crippen MR) is 122 cm³/mol. The summed E-state index contributed by atoms with van der Waals surface area (Å²) in [6.45, 7) is 6.04. The van der Waals surface area contributed by atoms with E-state index in [0.717, 1.165) is 31.6 Å². The molecule has 0 radical (unpaired) electrons. The monoisotopic (exact) mass is 507 g/mol. The molecule has 0 spiro atoms. The topological polar surface area (TPSA) is 88.1 Å². The number of aromatic nitrogens is 1. The number of guanidine groups is 1. The first-order valence-corrected chi connectivity index (χ1v) is 9.40. The van der Waals surface area contributed by atoms with E-state index < -0.39 is 0 Å². The van der Waals surface area contributed by atoms with Gasteiger partial charge in [0.15, 0.2) is 5.96 Å². The second kappa shape index (κ2) is 17.6. The summed E-state index contributed by atoms with van der Waals surface area (Å²) in [7, 11) is 3.44. The molecule has 0 saturated carbocycles. The highest BCUT2D eigenvalue weighted by molar-refractivity contribution is 14.0. The summed E-state index contributed by atoms with van der Waals surface area (Å²) in [5.41, 5.74) is 0.975. The SMILES string of the molecule is CCNC(=NCC(=O)N(C)CCc1ccccn1)NCCCOCCOC.I. The van der Waals surface area contributed by atoms with Crippen molar-refractivity contribution in [1.29, 1.82) is 0 Å². The van der Waals surface area contributed by atoms with E-state index in [1.54, 1.807) is 25.3 Å². The summed E-state index contributed by atoms with van der Waals surface area (Å²) >= 11 is 0. The maximum Gasteiger partial charge on any atom is 0.244 e. The fourth-order valence-corrected chi connectivity index (χ4v) is 2.19. The number of likely N-dealkylation sites (N-methyl/N-ethyl adjacent to an activating group) is 1. The number of aliphatic imine (C=N–C) groups is 1. The molecule has 2 N–H and O–H groups in total. The van der Waals surface area contributed by atoms with Crippen molar-refractivity contribution in [3.63, 3.8) is 0 Å². The van der Waals surface area contributed by atoms with Gasteiger partial charge in [-0.25, -0.2) is 4.99 Å². The van der Waals surface area contributed by atoms with Crippen molar-refractivity contribution >= 4 is 35.8 Å². The van der Waals surface area contributed by atoms with Gasteiger partial charge in [0.2, 0.25) is 5.91 Å². The van der Waals surface area contributed by atoms with Crippen LogP contribution in [0.1, 0.15) is 19.0 Å². The average Bonchev–Trinajstić information content (AvgIpc) is 2.69. The van der Waals surface area contributed by atoms with Crippen LogP contribution in [0.25, 0.3) is 0 Å². The Morgan fingerprint density at radius 2 is 2.07 bits per heavy atom. The molecule has 0 unspecified atom stereocenters. The molecule has 1 amide bonds. The standard InChI is InChI=1S/C19H33N5O3.HI/c1-4-20-19(22-11-7-13-27-15-14-26-3)23-16-18(25)24(2)12-9-17-8-5-6-10-21-17;/h5-6,8,10H,4,7,9,11-16H2,1-3H3,(H2,20,22,23);1H. The van der Waals surface area contributed by atoms with Crippen molar-refractivity contribution in [2.45, 2.75) is 19.8 Å². The number of methoxy groups -OCH3 is 1. The van der Waals surface area contributed by atoms with E-state index in [1.165, 1.54) is 0 Å². The van der Waals surface area contributed by atoms with Gasteiger partial charge in [-0.15, -0.1) is 24.0 Å². The van der Waals surface area contributed by atoms with Gasteiger partial charge < -0.3 is 25.0 Å². The van der Waals surface area contributed by atoms with Gasteiger partial charge in [0.1, 0.15) is 6.54 Å². The maximum absolute atomic E-state index is 12.3. The minimum absolute atomic E-state index is 0. The van der Waals surface area contributed by atoms with Crippen LogP contribution in [0, 0.1) is 0 Å². The second-order valence-electron chi connectivity index (χ2n) is 5.97. The van der Waals surface area contributed by atoms with E-state index in [-0.39, 0.29) is 36.4 Å². The normalized spacial score (nSPS) is 10.9. The van der Waals surface area contributed by atoms with E-state index in [1.807, 2.05) is 25.1 Å². The van der Waals surface area contributed by atoms with Crippen LogP contribution in [-0.2, 0) is 20.7 Å². The zero-order valence-corrected chi connectivity index (χ0v) is 19.5. The number of amides is 1. The highest BCUT2D eigenvalue weighted by atomic mass is 127. The first-order valence-electron chi connectivity index (χ1n) is 9.40. The molecule has 0 aromatic carbocycles.